The van der Waals surface area contributed by atoms with Crippen molar-refractivity contribution in [2.24, 2.45) is 5.41 Å². The molecule has 8 heteroatoms. The van der Waals surface area contributed by atoms with Crippen LogP contribution in [0.3, 0.4) is 0 Å². The Balaban J connectivity index is 5.65. The van der Waals surface area contributed by atoms with Crippen LogP contribution in [0.25, 0.3) is 0 Å². The maximum Gasteiger partial charge on any atom is 0.426 e. The van der Waals surface area contributed by atoms with Crippen LogP contribution in [0.5, 0.6) is 0 Å². The van der Waals surface area contributed by atoms with E-state index < -0.39 is 29.5 Å². The van der Waals surface area contributed by atoms with Crippen molar-refractivity contribution < 1.29 is 31.4 Å². The highest BCUT2D eigenvalue weighted by molar-refractivity contribution is 7.16. The van der Waals surface area contributed by atoms with E-state index in [1.54, 1.807) is 9.24 Å². The van der Waals surface area contributed by atoms with E-state index in [4.69, 9.17) is 5.11 Å². The predicted molar refractivity (Wildman–Crippen MR) is 45.4 cm³/mol. The molecule has 0 amide bonds. The lowest BCUT2D eigenvalue weighted by Crippen LogP contribution is -2.66. The van der Waals surface area contributed by atoms with Crippen LogP contribution in [-0.2, 0) is 0 Å². The SMILES string of the molecule is CC(C)(CP)C(O)(C(F)(F)F)C(F)(F)F. The van der Waals surface area contributed by atoms with Crippen LogP contribution in [0.2, 0.25) is 0 Å². The molecule has 1 nitrogen and oxygen atoms in total. The number of aliphatic hydroxyl groups is 1. The van der Waals surface area contributed by atoms with Crippen molar-refractivity contribution in [1.29, 1.82) is 0 Å². The summed E-state index contributed by atoms with van der Waals surface area (Å²) >= 11 is 0. The van der Waals surface area contributed by atoms with Gasteiger partial charge in [-0.25, -0.2) is 0 Å². The van der Waals surface area contributed by atoms with Gasteiger partial charge in [-0.1, -0.05) is 13.8 Å². The van der Waals surface area contributed by atoms with E-state index in [9.17, 15) is 26.3 Å². The number of halogens is 6. The zero-order valence-corrected chi connectivity index (χ0v) is 9.15. The zero-order valence-electron chi connectivity index (χ0n) is 8.00. The van der Waals surface area contributed by atoms with Gasteiger partial charge in [0.1, 0.15) is 0 Å². The van der Waals surface area contributed by atoms with Crippen molar-refractivity contribution in [1.82, 2.24) is 0 Å². The molecule has 92 valence electrons. The first-order chi connectivity index (χ1) is 6.31. The molecule has 15 heavy (non-hydrogen) atoms. The van der Waals surface area contributed by atoms with Gasteiger partial charge in [0.2, 0.25) is 0 Å². The molecule has 0 saturated carbocycles. The van der Waals surface area contributed by atoms with Crippen molar-refractivity contribution in [3.63, 3.8) is 0 Å². The third-order valence-electron chi connectivity index (χ3n) is 2.31. The lowest BCUT2D eigenvalue weighted by atomic mass is 9.75. The summed E-state index contributed by atoms with van der Waals surface area (Å²) < 4.78 is 73.8. The Labute approximate surface area is 85.0 Å². The van der Waals surface area contributed by atoms with Gasteiger partial charge in [0.25, 0.3) is 5.60 Å². The zero-order chi connectivity index (χ0) is 12.7. The molecule has 0 aromatic heterocycles. The minimum absolute atomic E-state index is 0.539. The average Bonchev–Trinajstić information content (AvgIpc) is 1.98. The van der Waals surface area contributed by atoms with E-state index in [0.29, 0.717) is 13.8 Å². The highest BCUT2D eigenvalue weighted by Crippen LogP contribution is 2.53. The smallest absolute Gasteiger partial charge is 0.373 e. The van der Waals surface area contributed by atoms with E-state index in [-0.39, 0.29) is 0 Å². The lowest BCUT2D eigenvalue weighted by molar-refractivity contribution is -0.396. The number of hydrogen-bond donors (Lipinski definition) is 1. The highest BCUT2D eigenvalue weighted by atomic mass is 31.0. The van der Waals surface area contributed by atoms with E-state index in [1.807, 2.05) is 0 Å². The second-order valence-corrected chi connectivity index (χ2v) is 4.20. The predicted octanol–water partition coefficient (Wildman–Crippen LogP) is 2.74. The first-order valence-electron chi connectivity index (χ1n) is 3.87. The number of alkyl halides is 6. The summed E-state index contributed by atoms with van der Waals surface area (Å²) in [6, 6.07) is 0. The molecule has 0 spiro atoms. The molecule has 1 unspecified atom stereocenters. The van der Waals surface area contributed by atoms with Gasteiger partial charge in [0.05, 0.1) is 0 Å². The Morgan fingerprint density at radius 1 is 0.933 bits per heavy atom. The van der Waals surface area contributed by atoms with Gasteiger partial charge in [-0.3, -0.25) is 0 Å². The molecule has 0 radical (unpaired) electrons. The summed E-state index contributed by atoms with van der Waals surface area (Å²) in [5.41, 5.74) is -7.07. The van der Waals surface area contributed by atoms with Crippen LogP contribution in [0.4, 0.5) is 26.3 Å². The van der Waals surface area contributed by atoms with Crippen LogP contribution >= 0.6 is 9.24 Å². The van der Waals surface area contributed by atoms with Crippen molar-refractivity contribution in [3.8, 4) is 0 Å². The van der Waals surface area contributed by atoms with Gasteiger partial charge in [-0.05, 0) is 6.16 Å². The second kappa shape index (κ2) is 3.77. The molecule has 0 bridgehead atoms. The molecular weight excluding hydrogens is 245 g/mol. The van der Waals surface area contributed by atoms with E-state index in [1.165, 1.54) is 0 Å². The fraction of sp³-hybridized carbons (Fsp3) is 1.00. The molecular formula is C7H11F6OP. The van der Waals surface area contributed by atoms with Gasteiger partial charge in [-0.2, -0.15) is 26.3 Å². The van der Waals surface area contributed by atoms with E-state index in [2.05, 4.69) is 0 Å². The average molecular weight is 256 g/mol. The van der Waals surface area contributed by atoms with Crippen molar-refractivity contribution in [3.05, 3.63) is 0 Å². The first-order valence-corrected chi connectivity index (χ1v) is 4.69. The Morgan fingerprint density at radius 2 is 1.20 bits per heavy atom. The summed E-state index contributed by atoms with van der Waals surface area (Å²) in [4.78, 5) is 0. The summed E-state index contributed by atoms with van der Waals surface area (Å²) in [7, 11) is 1.77. The molecule has 0 fully saturated rings. The van der Waals surface area contributed by atoms with Crippen LogP contribution in [-0.4, -0.2) is 29.2 Å². The van der Waals surface area contributed by atoms with Crippen LogP contribution in [0.15, 0.2) is 0 Å². The van der Waals surface area contributed by atoms with Crippen LogP contribution in [0.1, 0.15) is 13.8 Å². The Morgan fingerprint density at radius 3 is 1.27 bits per heavy atom. The summed E-state index contributed by atoms with van der Waals surface area (Å²) in [6.45, 7) is 1.42. The molecule has 0 aliphatic rings. The molecule has 1 N–H and O–H groups in total. The van der Waals surface area contributed by atoms with Gasteiger partial charge in [0, 0.05) is 5.41 Å². The molecule has 0 aromatic carbocycles. The number of rotatable bonds is 2. The molecule has 0 aliphatic carbocycles. The van der Waals surface area contributed by atoms with E-state index in [0.717, 1.165) is 0 Å². The van der Waals surface area contributed by atoms with Crippen molar-refractivity contribution in [2.45, 2.75) is 31.8 Å². The van der Waals surface area contributed by atoms with Gasteiger partial charge in [-0.15, -0.1) is 9.24 Å². The Kier molecular flexibility index (Phi) is 3.76. The second-order valence-electron chi connectivity index (χ2n) is 3.79. The Bertz CT molecular complexity index is 217. The van der Waals surface area contributed by atoms with Gasteiger partial charge in [0.15, 0.2) is 0 Å². The standard InChI is InChI=1S/C7H11F6OP/c1-4(2,3-15)5(14,6(8,9)10)7(11,12)13/h14H,3,15H2,1-2H3. The fourth-order valence-corrected chi connectivity index (χ4v) is 1.37. The third-order valence-corrected chi connectivity index (χ3v) is 3.33. The molecule has 0 heterocycles. The minimum atomic E-state index is -5.76. The largest absolute Gasteiger partial charge is 0.426 e. The molecule has 0 saturated heterocycles. The maximum absolute atomic E-state index is 12.3. The number of hydrogen-bond acceptors (Lipinski definition) is 1. The monoisotopic (exact) mass is 256 g/mol. The molecule has 0 aromatic rings. The normalized spacial score (nSPS) is 15.6. The quantitative estimate of drug-likeness (QED) is 0.595. The van der Waals surface area contributed by atoms with Crippen LogP contribution < -0.4 is 0 Å². The van der Waals surface area contributed by atoms with Crippen molar-refractivity contribution in [2.75, 3.05) is 6.16 Å². The summed E-state index contributed by atoms with van der Waals surface area (Å²) in [5, 5.41) is 8.95. The van der Waals surface area contributed by atoms with Gasteiger partial charge < -0.3 is 5.11 Å². The summed E-state index contributed by atoms with van der Waals surface area (Å²) in [5.74, 6) is 0. The molecule has 0 aliphatic heterocycles. The van der Waals surface area contributed by atoms with Gasteiger partial charge >= 0.3 is 12.4 Å². The third kappa shape index (κ3) is 2.23. The highest BCUT2D eigenvalue weighted by Gasteiger charge is 2.76. The van der Waals surface area contributed by atoms with E-state index >= 15 is 0 Å². The fourth-order valence-electron chi connectivity index (χ4n) is 1.08. The topological polar surface area (TPSA) is 20.2 Å². The molecule has 0 rings (SSSR count). The lowest BCUT2D eigenvalue weighted by Gasteiger charge is -2.43. The Hall–Kier alpha value is -0.0300. The minimum Gasteiger partial charge on any atom is -0.373 e. The van der Waals surface area contributed by atoms with Crippen LogP contribution in [0, 0.1) is 5.41 Å². The van der Waals surface area contributed by atoms with Crippen molar-refractivity contribution >= 4 is 9.24 Å². The molecule has 1 atom stereocenters. The maximum atomic E-state index is 12.3. The first kappa shape index (κ1) is 15.0. The summed E-state index contributed by atoms with van der Waals surface area (Å²) in [6.07, 6.45) is -12.1.